The Morgan fingerprint density at radius 2 is 1.78 bits per heavy atom. The standard InChI is InChI=1S/C16H21ClN2O4/c1-10(2)14(16(22)23)19-13(20)4-3-9-18-15(21)11-5-7-12(17)8-6-11/h5-8,10,14H,3-4,9H2,1-2H3,(H,18,21)(H,19,20)(H,22,23). The largest absolute Gasteiger partial charge is 0.480 e. The quantitative estimate of drug-likeness (QED) is 0.631. The monoisotopic (exact) mass is 340 g/mol. The van der Waals surface area contributed by atoms with Gasteiger partial charge < -0.3 is 15.7 Å². The Bertz CT molecular complexity index is 558. The Kier molecular flexibility index (Phi) is 7.54. The summed E-state index contributed by atoms with van der Waals surface area (Å²) in [4.78, 5) is 34.5. The SMILES string of the molecule is CC(C)C(NC(=O)CCCNC(=O)c1ccc(Cl)cc1)C(=O)O. The third-order valence-corrected chi connectivity index (χ3v) is 3.47. The second-order valence-electron chi connectivity index (χ2n) is 5.49. The molecule has 2 amide bonds. The van der Waals surface area contributed by atoms with Crippen molar-refractivity contribution in [1.82, 2.24) is 10.6 Å². The maximum atomic E-state index is 11.8. The van der Waals surface area contributed by atoms with Crippen LogP contribution in [0.15, 0.2) is 24.3 Å². The van der Waals surface area contributed by atoms with Gasteiger partial charge in [-0.1, -0.05) is 25.4 Å². The molecule has 0 aliphatic carbocycles. The second-order valence-corrected chi connectivity index (χ2v) is 5.93. The molecule has 0 heterocycles. The van der Waals surface area contributed by atoms with E-state index in [9.17, 15) is 14.4 Å². The number of benzene rings is 1. The van der Waals surface area contributed by atoms with Crippen LogP contribution in [0.2, 0.25) is 5.02 Å². The highest BCUT2D eigenvalue weighted by atomic mass is 35.5. The molecule has 3 N–H and O–H groups in total. The summed E-state index contributed by atoms with van der Waals surface area (Å²) in [6, 6.07) is 5.59. The van der Waals surface area contributed by atoms with Gasteiger partial charge >= 0.3 is 5.97 Å². The molecular weight excluding hydrogens is 320 g/mol. The van der Waals surface area contributed by atoms with E-state index in [1.54, 1.807) is 38.1 Å². The third-order valence-electron chi connectivity index (χ3n) is 3.22. The smallest absolute Gasteiger partial charge is 0.326 e. The number of nitrogens with one attached hydrogen (secondary N) is 2. The first-order valence-electron chi connectivity index (χ1n) is 7.37. The lowest BCUT2D eigenvalue weighted by Crippen LogP contribution is -2.44. The van der Waals surface area contributed by atoms with Crippen LogP contribution >= 0.6 is 11.6 Å². The maximum Gasteiger partial charge on any atom is 0.326 e. The van der Waals surface area contributed by atoms with Crippen molar-refractivity contribution >= 4 is 29.4 Å². The van der Waals surface area contributed by atoms with Crippen LogP contribution in [0.1, 0.15) is 37.0 Å². The molecule has 0 saturated heterocycles. The zero-order chi connectivity index (χ0) is 17.4. The summed E-state index contributed by atoms with van der Waals surface area (Å²) in [6.45, 7) is 3.78. The Balaban J connectivity index is 2.31. The zero-order valence-electron chi connectivity index (χ0n) is 13.1. The Hall–Kier alpha value is -2.08. The normalized spacial score (nSPS) is 11.8. The van der Waals surface area contributed by atoms with E-state index in [-0.39, 0.29) is 24.2 Å². The van der Waals surface area contributed by atoms with Gasteiger partial charge in [-0.25, -0.2) is 4.79 Å². The molecule has 1 aromatic carbocycles. The zero-order valence-corrected chi connectivity index (χ0v) is 13.9. The highest BCUT2D eigenvalue weighted by molar-refractivity contribution is 6.30. The molecule has 7 heteroatoms. The molecule has 0 saturated carbocycles. The van der Waals surface area contributed by atoms with Gasteiger partial charge in [0.1, 0.15) is 6.04 Å². The molecule has 23 heavy (non-hydrogen) atoms. The first-order chi connectivity index (χ1) is 10.8. The fourth-order valence-corrected chi connectivity index (χ4v) is 2.04. The van der Waals surface area contributed by atoms with Crippen molar-refractivity contribution in [3.05, 3.63) is 34.9 Å². The molecule has 0 aliphatic rings. The van der Waals surface area contributed by atoms with Gasteiger partial charge in [-0.15, -0.1) is 0 Å². The van der Waals surface area contributed by atoms with E-state index in [2.05, 4.69) is 10.6 Å². The lowest BCUT2D eigenvalue weighted by molar-refractivity contribution is -0.143. The number of hydrogen-bond acceptors (Lipinski definition) is 3. The highest BCUT2D eigenvalue weighted by Gasteiger charge is 2.22. The van der Waals surface area contributed by atoms with Gasteiger partial charge in [-0.2, -0.15) is 0 Å². The number of carboxylic acids is 1. The van der Waals surface area contributed by atoms with Crippen molar-refractivity contribution in [1.29, 1.82) is 0 Å². The molecule has 0 spiro atoms. The minimum atomic E-state index is -1.05. The van der Waals surface area contributed by atoms with Gasteiger partial charge in [-0.05, 0) is 36.6 Å². The van der Waals surface area contributed by atoms with Crippen LogP contribution in [-0.4, -0.2) is 35.5 Å². The van der Waals surface area contributed by atoms with E-state index < -0.39 is 12.0 Å². The summed E-state index contributed by atoms with van der Waals surface area (Å²) in [5.41, 5.74) is 0.490. The summed E-state index contributed by atoms with van der Waals surface area (Å²) in [5, 5.41) is 14.7. The van der Waals surface area contributed by atoms with E-state index in [0.717, 1.165) is 0 Å². The Labute approximate surface area is 140 Å². The molecule has 6 nitrogen and oxygen atoms in total. The summed E-state index contributed by atoms with van der Waals surface area (Å²) >= 11 is 5.75. The second kappa shape index (κ2) is 9.15. The minimum absolute atomic E-state index is 0.150. The van der Waals surface area contributed by atoms with Crippen molar-refractivity contribution in [3.63, 3.8) is 0 Å². The number of halogens is 1. The molecule has 0 aromatic heterocycles. The predicted octanol–water partition coefficient (Wildman–Crippen LogP) is 2.08. The number of carbonyl (C=O) groups is 3. The lowest BCUT2D eigenvalue weighted by atomic mass is 10.0. The van der Waals surface area contributed by atoms with Crippen molar-refractivity contribution in [2.24, 2.45) is 5.92 Å². The van der Waals surface area contributed by atoms with E-state index >= 15 is 0 Å². The highest BCUT2D eigenvalue weighted by Crippen LogP contribution is 2.09. The fourth-order valence-electron chi connectivity index (χ4n) is 1.91. The molecule has 126 valence electrons. The number of rotatable bonds is 8. The number of aliphatic carboxylic acids is 1. The lowest BCUT2D eigenvalue weighted by Gasteiger charge is -2.17. The molecule has 1 aromatic rings. The van der Waals surface area contributed by atoms with Crippen LogP contribution in [0.4, 0.5) is 0 Å². The topological polar surface area (TPSA) is 95.5 Å². The predicted molar refractivity (Wildman–Crippen MR) is 87.4 cm³/mol. The Morgan fingerprint density at radius 1 is 1.17 bits per heavy atom. The van der Waals surface area contributed by atoms with Crippen LogP contribution in [0.3, 0.4) is 0 Å². The molecular formula is C16H21ClN2O4. The number of hydrogen-bond donors (Lipinski definition) is 3. The molecule has 0 fully saturated rings. The molecule has 1 unspecified atom stereocenters. The van der Waals surface area contributed by atoms with E-state index in [1.807, 2.05) is 0 Å². The van der Waals surface area contributed by atoms with E-state index in [4.69, 9.17) is 16.7 Å². The average Bonchev–Trinajstić information content (AvgIpc) is 2.49. The van der Waals surface area contributed by atoms with Crippen LogP contribution in [0.25, 0.3) is 0 Å². The maximum absolute atomic E-state index is 11.8. The summed E-state index contributed by atoms with van der Waals surface area (Å²) in [5.74, 6) is -1.83. The first kappa shape index (κ1) is 19.0. The van der Waals surface area contributed by atoms with E-state index in [0.29, 0.717) is 23.6 Å². The molecule has 0 radical (unpaired) electrons. The van der Waals surface area contributed by atoms with Crippen LogP contribution < -0.4 is 10.6 Å². The van der Waals surface area contributed by atoms with E-state index in [1.165, 1.54) is 0 Å². The summed E-state index contributed by atoms with van der Waals surface area (Å²) in [7, 11) is 0. The number of carbonyl (C=O) groups excluding carboxylic acids is 2. The average molecular weight is 341 g/mol. The molecule has 0 bridgehead atoms. The molecule has 1 rings (SSSR count). The Morgan fingerprint density at radius 3 is 2.30 bits per heavy atom. The van der Waals surface area contributed by atoms with Crippen LogP contribution in [0, 0.1) is 5.92 Å². The van der Waals surface area contributed by atoms with Gasteiger partial charge in [-0.3, -0.25) is 9.59 Å². The molecule has 0 aliphatic heterocycles. The van der Waals surface area contributed by atoms with Gasteiger partial charge in [0, 0.05) is 23.6 Å². The first-order valence-corrected chi connectivity index (χ1v) is 7.75. The fraction of sp³-hybridized carbons (Fsp3) is 0.438. The van der Waals surface area contributed by atoms with Crippen molar-refractivity contribution in [2.75, 3.05) is 6.54 Å². The van der Waals surface area contributed by atoms with Crippen LogP contribution in [0.5, 0.6) is 0 Å². The van der Waals surface area contributed by atoms with Crippen molar-refractivity contribution < 1.29 is 19.5 Å². The number of carboxylic acid groups (broad SMARTS) is 1. The van der Waals surface area contributed by atoms with Gasteiger partial charge in [0.05, 0.1) is 0 Å². The minimum Gasteiger partial charge on any atom is -0.480 e. The van der Waals surface area contributed by atoms with Gasteiger partial charge in [0.25, 0.3) is 5.91 Å². The molecule has 1 atom stereocenters. The van der Waals surface area contributed by atoms with Crippen molar-refractivity contribution in [3.8, 4) is 0 Å². The van der Waals surface area contributed by atoms with Gasteiger partial charge in [0.2, 0.25) is 5.91 Å². The summed E-state index contributed by atoms with van der Waals surface area (Å²) in [6.07, 6.45) is 0.576. The van der Waals surface area contributed by atoms with Crippen molar-refractivity contribution in [2.45, 2.75) is 32.7 Å². The number of amides is 2. The third kappa shape index (κ3) is 6.69. The van der Waals surface area contributed by atoms with Gasteiger partial charge in [0.15, 0.2) is 0 Å². The van der Waals surface area contributed by atoms with Crippen LogP contribution in [-0.2, 0) is 9.59 Å². The summed E-state index contributed by atoms with van der Waals surface area (Å²) < 4.78 is 0.